The molecule has 1 heterocycles. The molecule has 18 heavy (non-hydrogen) atoms. The van der Waals surface area contributed by atoms with Crippen molar-refractivity contribution >= 4 is 5.97 Å². The summed E-state index contributed by atoms with van der Waals surface area (Å²) in [5.41, 5.74) is 0. The molecule has 0 bridgehead atoms. The van der Waals surface area contributed by atoms with Crippen LogP contribution in [0.1, 0.15) is 40.0 Å². The van der Waals surface area contributed by atoms with E-state index in [1.54, 1.807) is 0 Å². The summed E-state index contributed by atoms with van der Waals surface area (Å²) >= 11 is 0. The molecule has 1 aliphatic rings. The van der Waals surface area contributed by atoms with E-state index in [2.05, 4.69) is 0 Å². The lowest BCUT2D eigenvalue weighted by atomic mass is 9.92. The molecule has 0 aromatic heterocycles. The fourth-order valence-electron chi connectivity index (χ4n) is 1.80. The largest absolute Gasteiger partial charge is 0.479 e. The Bertz CT molecular complexity index is 245. The number of carbonyl (C=O) groups is 1. The molecule has 0 amide bonds. The number of unbranched alkanes of at least 4 members (excludes halogenated alkanes) is 1. The van der Waals surface area contributed by atoms with Gasteiger partial charge in [-0.15, -0.1) is 0 Å². The van der Waals surface area contributed by atoms with Gasteiger partial charge in [0.1, 0.15) is 18.3 Å². The van der Waals surface area contributed by atoms with Crippen LogP contribution in [0.2, 0.25) is 0 Å². The van der Waals surface area contributed by atoms with Gasteiger partial charge in [-0.25, -0.2) is 4.79 Å². The number of carboxylic acid groups (broad SMARTS) is 1. The van der Waals surface area contributed by atoms with Gasteiger partial charge in [0.05, 0.1) is 6.10 Å². The van der Waals surface area contributed by atoms with Gasteiger partial charge in [0.25, 0.3) is 0 Å². The zero-order valence-corrected chi connectivity index (χ0v) is 11.1. The van der Waals surface area contributed by atoms with Gasteiger partial charge >= 0.3 is 5.97 Å². The molecule has 5 atom stereocenters. The molecule has 0 aliphatic carbocycles. The number of aliphatic carboxylic acids is 1. The Labute approximate surface area is 107 Å². The first-order valence-corrected chi connectivity index (χ1v) is 6.41. The number of ether oxygens (including phenoxy) is 1. The van der Waals surface area contributed by atoms with E-state index in [1.807, 2.05) is 20.8 Å². The molecule has 0 spiro atoms. The van der Waals surface area contributed by atoms with Gasteiger partial charge in [0.15, 0.2) is 6.10 Å². The van der Waals surface area contributed by atoms with Crippen LogP contribution < -0.4 is 0 Å². The van der Waals surface area contributed by atoms with E-state index in [0.717, 1.165) is 12.8 Å². The van der Waals surface area contributed by atoms with Gasteiger partial charge in [-0.3, -0.25) is 0 Å². The summed E-state index contributed by atoms with van der Waals surface area (Å²) in [6.45, 7) is 5.95. The van der Waals surface area contributed by atoms with Gasteiger partial charge in [0.2, 0.25) is 0 Å². The zero-order chi connectivity index (χ0) is 14.3. The predicted molar refractivity (Wildman–Crippen MR) is 65.2 cm³/mol. The highest BCUT2D eigenvalue weighted by Crippen LogP contribution is 2.24. The lowest BCUT2D eigenvalue weighted by Crippen LogP contribution is -2.59. The van der Waals surface area contributed by atoms with E-state index in [0.29, 0.717) is 6.42 Å². The van der Waals surface area contributed by atoms with Crippen molar-refractivity contribution in [3.05, 3.63) is 0 Å². The maximum absolute atomic E-state index is 10.8. The Hall–Kier alpha value is -0.690. The van der Waals surface area contributed by atoms with Gasteiger partial charge < -0.3 is 25.2 Å². The maximum Gasteiger partial charge on any atom is 0.335 e. The number of aliphatic hydroxyl groups is 3. The zero-order valence-electron chi connectivity index (χ0n) is 11.1. The molecule has 0 aromatic carbocycles. The second kappa shape index (κ2) is 8.42. The van der Waals surface area contributed by atoms with Gasteiger partial charge in [-0.2, -0.15) is 0 Å². The minimum atomic E-state index is -1.59. The monoisotopic (exact) mass is 264 g/mol. The summed E-state index contributed by atoms with van der Waals surface area (Å²) < 4.78 is 5.09. The van der Waals surface area contributed by atoms with Crippen molar-refractivity contribution in [3.8, 4) is 0 Å². The third-order valence-corrected chi connectivity index (χ3v) is 2.80. The van der Waals surface area contributed by atoms with E-state index in [1.165, 1.54) is 0 Å². The van der Waals surface area contributed by atoms with E-state index in [9.17, 15) is 20.1 Å². The van der Waals surface area contributed by atoms with Crippen molar-refractivity contribution < 1.29 is 30.0 Å². The summed E-state index contributed by atoms with van der Waals surface area (Å²) in [6.07, 6.45) is -4.41. The molecule has 0 radical (unpaired) electrons. The van der Waals surface area contributed by atoms with E-state index >= 15 is 0 Å². The minimum Gasteiger partial charge on any atom is -0.479 e. The van der Waals surface area contributed by atoms with Crippen molar-refractivity contribution in [2.24, 2.45) is 0 Å². The third kappa shape index (κ3) is 4.20. The molecular formula is C12H24O6. The van der Waals surface area contributed by atoms with Crippen LogP contribution in [-0.4, -0.2) is 56.9 Å². The van der Waals surface area contributed by atoms with Gasteiger partial charge in [-0.1, -0.05) is 33.6 Å². The first-order chi connectivity index (χ1) is 8.49. The first-order valence-electron chi connectivity index (χ1n) is 6.41. The average molecular weight is 264 g/mol. The number of hydrogen-bond acceptors (Lipinski definition) is 5. The molecule has 5 unspecified atom stereocenters. The molecule has 1 fully saturated rings. The summed E-state index contributed by atoms with van der Waals surface area (Å²) in [5.74, 6) is -1.33. The molecule has 1 aliphatic heterocycles. The molecule has 4 N–H and O–H groups in total. The topological polar surface area (TPSA) is 107 Å². The van der Waals surface area contributed by atoms with Crippen LogP contribution in [0.25, 0.3) is 0 Å². The van der Waals surface area contributed by atoms with Crippen LogP contribution >= 0.6 is 0 Å². The van der Waals surface area contributed by atoms with Gasteiger partial charge in [0, 0.05) is 0 Å². The fourth-order valence-corrected chi connectivity index (χ4v) is 1.80. The van der Waals surface area contributed by atoms with E-state index in [4.69, 9.17) is 9.84 Å². The molecule has 1 rings (SSSR count). The Morgan fingerprint density at radius 2 is 1.67 bits per heavy atom. The summed E-state index contributed by atoms with van der Waals surface area (Å²) in [5, 5.41) is 37.3. The van der Waals surface area contributed by atoms with Crippen molar-refractivity contribution in [2.75, 3.05) is 0 Å². The molecule has 6 heteroatoms. The third-order valence-electron chi connectivity index (χ3n) is 2.80. The van der Waals surface area contributed by atoms with Gasteiger partial charge in [-0.05, 0) is 6.42 Å². The van der Waals surface area contributed by atoms with Crippen LogP contribution in [0.4, 0.5) is 0 Å². The standard InChI is InChI=1S/C10H18O6.C2H6/c1-2-3-4-5-6(11)7(12)8(13)9(16-5)10(14)15;1-2/h5-9,11-13H,2-4H2,1H3,(H,14,15);1-2H3. The average Bonchev–Trinajstić information content (AvgIpc) is 2.37. The summed E-state index contributed by atoms with van der Waals surface area (Å²) in [7, 11) is 0. The summed E-state index contributed by atoms with van der Waals surface area (Å²) in [4.78, 5) is 10.8. The Balaban J connectivity index is 0.00000137. The normalized spacial score (nSPS) is 35.6. The van der Waals surface area contributed by atoms with E-state index in [-0.39, 0.29) is 0 Å². The van der Waals surface area contributed by atoms with Crippen molar-refractivity contribution in [3.63, 3.8) is 0 Å². The van der Waals surface area contributed by atoms with Crippen molar-refractivity contribution in [1.29, 1.82) is 0 Å². The Morgan fingerprint density at radius 1 is 1.11 bits per heavy atom. The summed E-state index contributed by atoms with van der Waals surface area (Å²) in [6, 6.07) is 0. The maximum atomic E-state index is 10.8. The molecule has 108 valence electrons. The second-order valence-electron chi connectivity index (χ2n) is 4.05. The van der Waals surface area contributed by atoms with Crippen LogP contribution in [0, 0.1) is 0 Å². The number of carboxylic acids is 1. The number of hydrogen-bond donors (Lipinski definition) is 4. The van der Waals surface area contributed by atoms with E-state index < -0.39 is 36.5 Å². The highest BCUT2D eigenvalue weighted by Gasteiger charge is 2.46. The molecular weight excluding hydrogens is 240 g/mol. The lowest BCUT2D eigenvalue weighted by Gasteiger charge is -2.38. The van der Waals surface area contributed by atoms with Crippen molar-refractivity contribution in [1.82, 2.24) is 0 Å². The first kappa shape index (κ1) is 17.3. The highest BCUT2D eigenvalue weighted by atomic mass is 16.6. The molecule has 0 aromatic rings. The Morgan fingerprint density at radius 3 is 2.11 bits per heavy atom. The number of aliphatic hydroxyl groups excluding tert-OH is 3. The second-order valence-corrected chi connectivity index (χ2v) is 4.05. The number of rotatable bonds is 4. The molecule has 6 nitrogen and oxygen atoms in total. The van der Waals surface area contributed by atoms with Crippen LogP contribution in [-0.2, 0) is 9.53 Å². The molecule has 1 saturated heterocycles. The van der Waals surface area contributed by atoms with Crippen LogP contribution in [0.3, 0.4) is 0 Å². The lowest BCUT2D eigenvalue weighted by molar-refractivity contribution is -0.228. The minimum absolute atomic E-state index is 0.464. The quantitative estimate of drug-likeness (QED) is 0.575. The molecule has 0 saturated carbocycles. The smallest absolute Gasteiger partial charge is 0.335 e. The highest BCUT2D eigenvalue weighted by molar-refractivity contribution is 5.73. The Kier molecular flexibility index (Phi) is 8.10. The predicted octanol–water partition coefficient (Wildman–Crippen LogP) is 0.137. The SMILES string of the molecule is CC.CCCCC1OC(C(=O)O)C(O)C(O)C1O. The van der Waals surface area contributed by atoms with Crippen LogP contribution in [0.5, 0.6) is 0 Å². The fraction of sp³-hybridized carbons (Fsp3) is 0.917. The van der Waals surface area contributed by atoms with Crippen molar-refractivity contribution in [2.45, 2.75) is 70.6 Å². The van der Waals surface area contributed by atoms with Crippen LogP contribution in [0.15, 0.2) is 0 Å².